The molecule has 0 unspecified atom stereocenters. The molecule has 1 saturated carbocycles. The Labute approximate surface area is 239 Å². The molecular formula is C29H37N3O6S2. The maximum absolute atomic E-state index is 13.6. The molecular weight excluding hydrogens is 550 g/mol. The summed E-state index contributed by atoms with van der Waals surface area (Å²) in [6.07, 6.45) is 12.1. The number of benzene rings is 1. The van der Waals surface area contributed by atoms with Crippen LogP contribution in [0.1, 0.15) is 73.7 Å². The highest BCUT2D eigenvalue weighted by Gasteiger charge is 2.31. The van der Waals surface area contributed by atoms with Gasteiger partial charge in [0.15, 0.2) is 9.84 Å². The van der Waals surface area contributed by atoms with E-state index in [-0.39, 0.29) is 35.2 Å². The van der Waals surface area contributed by atoms with Gasteiger partial charge in [0.2, 0.25) is 0 Å². The van der Waals surface area contributed by atoms with Crippen molar-refractivity contribution in [1.82, 2.24) is 10.2 Å². The molecule has 40 heavy (non-hydrogen) atoms. The number of carboxylic acids is 1. The number of anilines is 1. The van der Waals surface area contributed by atoms with Crippen molar-refractivity contribution in [3.8, 4) is 0 Å². The highest BCUT2D eigenvalue weighted by Crippen LogP contribution is 2.37. The number of nitrogens with one attached hydrogen (secondary N) is 2. The highest BCUT2D eigenvalue weighted by atomic mass is 32.2. The molecule has 0 aliphatic heterocycles. The van der Waals surface area contributed by atoms with E-state index in [2.05, 4.69) is 16.7 Å². The first-order chi connectivity index (χ1) is 19.1. The Kier molecular flexibility index (Phi) is 10.0. The maximum Gasteiger partial charge on any atom is 0.323 e. The zero-order chi connectivity index (χ0) is 28.7. The van der Waals surface area contributed by atoms with Gasteiger partial charge >= 0.3 is 12.0 Å². The molecule has 3 amide bonds. The monoisotopic (exact) mass is 587 g/mol. The summed E-state index contributed by atoms with van der Waals surface area (Å²) in [5.41, 5.74) is 2.85. The summed E-state index contributed by atoms with van der Waals surface area (Å²) < 4.78 is 24.0. The van der Waals surface area contributed by atoms with Gasteiger partial charge in [-0.25, -0.2) is 13.2 Å². The van der Waals surface area contributed by atoms with E-state index >= 15 is 0 Å². The first-order valence-electron chi connectivity index (χ1n) is 13.8. The lowest BCUT2D eigenvalue weighted by molar-refractivity contribution is -0.136. The number of nitrogens with zero attached hydrogens (tertiary/aromatic N) is 1. The summed E-state index contributed by atoms with van der Waals surface area (Å²) in [6.45, 7) is 0.391. The molecule has 2 aliphatic carbocycles. The van der Waals surface area contributed by atoms with E-state index in [0.29, 0.717) is 23.0 Å². The molecule has 1 heterocycles. The van der Waals surface area contributed by atoms with Crippen molar-refractivity contribution in [1.29, 1.82) is 0 Å². The topological polar surface area (TPSA) is 133 Å². The molecule has 2 aliphatic rings. The summed E-state index contributed by atoms with van der Waals surface area (Å²) in [6, 6.07) is 9.82. The van der Waals surface area contributed by atoms with Crippen molar-refractivity contribution in [3.63, 3.8) is 0 Å². The molecule has 2 aromatic rings. The fourth-order valence-corrected chi connectivity index (χ4v) is 7.28. The molecule has 0 spiro atoms. The number of hydrogen-bond donors (Lipinski definition) is 3. The highest BCUT2D eigenvalue weighted by molar-refractivity contribution is 7.92. The Bertz CT molecular complexity index is 1340. The number of carboxylic acid groups (broad SMARTS) is 1. The number of carbonyl (C=O) groups is 3. The van der Waals surface area contributed by atoms with Gasteiger partial charge in [0.05, 0.1) is 11.4 Å². The second-order valence-corrected chi connectivity index (χ2v) is 13.9. The minimum atomic E-state index is -3.36. The van der Waals surface area contributed by atoms with E-state index in [0.717, 1.165) is 55.3 Å². The van der Waals surface area contributed by atoms with Gasteiger partial charge in [0.1, 0.15) is 4.21 Å². The van der Waals surface area contributed by atoms with Gasteiger partial charge < -0.3 is 15.3 Å². The summed E-state index contributed by atoms with van der Waals surface area (Å²) >= 11 is 1.04. The van der Waals surface area contributed by atoms with E-state index in [1.54, 1.807) is 35.9 Å². The summed E-state index contributed by atoms with van der Waals surface area (Å²) in [5.74, 6) is -0.749. The van der Waals surface area contributed by atoms with E-state index in [1.165, 1.54) is 25.3 Å². The lowest BCUT2D eigenvalue weighted by Gasteiger charge is -2.38. The third-order valence-electron chi connectivity index (χ3n) is 7.62. The van der Waals surface area contributed by atoms with Crippen molar-refractivity contribution in [2.45, 2.75) is 74.6 Å². The molecule has 1 aromatic carbocycles. The van der Waals surface area contributed by atoms with Gasteiger partial charge in [-0.1, -0.05) is 23.8 Å². The van der Waals surface area contributed by atoms with E-state index < -0.39 is 15.8 Å². The largest absolute Gasteiger partial charge is 0.481 e. The van der Waals surface area contributed by atoms with Crippen LogP contribution in [0.2, 0.25) is 0 Å². The zero-order valence-corrected chi connectivity index (χ0v) is 24.4. The number of carbonyl (C=O) groups excluding carboxylic acids is 2. The number of rotatable bonds is 10. The van der Waals surface area contributed by atoms with Gasteiger partial charge in [0, 0.05) is 31.0 Å². The summed E-state index contributed by atoms with van der Waals surface area (Å²) in [7, 11) is -3.36. The van der Waals surface area contributed by atoms with Crippen LogP contribution in [-0.4, -0.2) is 55.2 Å². The van der Waals surface area contributed by atoms with Gasteiger partial charge in [-0.3, -0.25) is 14.9 Å². The van der Waals surface area contributed by atoms with Crippen molar-refractivity contribution in [2.24, 2.45) is 5.92 Å². The van der Waals surface area contributed by atoms with Crippen molar-refractivity contribution < 1.29 is 27.9 Å². The van der Waals surface area contributed by atoms with E-state index in [1.807, 2.05) is 4.90 Å². The first kappa shape index (κ1) is 29.8. The van der Waals surface area contributed by atoms with Crippen LogP contribution in [0, 0.1) is 5.92 Å². The predicted molar refractivity (Wildman–Crippen MR) is 155 cm³/mol. The molecule has 3 N–H and O–H groups in total. The predicted octanol–water partition coefficient (Wildman–Crippen LogP) is 5.45. The Balaban J connectivity index is 1.46. The SMILES string of the molecule is CS(=O)(=O)c1ccc(NC(=O)N(Cc2ccc(C(=O)NCCC(=O)O)cc2)C2CCC(C3=CCCCC3)CC2)s1. The summed E-state index contributed by atoms with van der Waals surface area (Å²) in [4.78, 5) is 38.4. The summed E-state index contributed by atoms with van der Waals surface area (Å²) in [5, 5.41) is 14.7. The number of thiophene rings is 1. The minimum absolute atomic E-state index is 0.0359. The molecule has 4 rings (SSSR count). The van der Waals surface area contributed by atoms with Gasteiger partial charge in [-0.05, 0) is 87.1 Å². The number of sulfone groups is 1. The quantitative estimate of drug-likeness (QED) is 0.317. The van der Waals surface area contributed by atoms with E-state index in [9.17, 15) is 22.8 Å². The van der Waals surface area contributed by atoms with Crippen molar-refractivity contribution >= 4 is 44.1 Å². The van der Waals surface area contributed by atoms with Crippen molar-refractivity contribution in [3.05, 3.63) is 59.2 Å². The van der Waals surface area contributed by atoms with Crippen LogP contribution in [0.15, 0.2) is 52.3 Å². The Morgan fingerprint density at radius 3 is 2.35 bits per heavy atom. The maximum atomic E-state index is 13.6. The van der Waals surface area contributed by atoms with Crippen LogP contribution >= 0.6 is 11.3 Å². The standard InChI is InChI=1S/C29H37N3O6S2/c1-40(37,38)27-16-15-25(39-27)31-29(36)32(24-13-11-22(12-14-24)21-5-3-2-4-6-21)19-20-7-9-23(10-8-20)28(35)30-18-17-26(33)34/h5,7-10,15-16,22,24H,2-4,6,11-14,17-19H2,1H3,(H,30,35)(H,31,36)(H,33,34). The molecule has 1 fully saturated rings. The Morgan fingerprint density at radius 2 is 1.75 bits per heavy atom. The van der Waals surface area contributed by atoms with Crippen LogP contribution in [0.3, 0.4) is 0 Å². The zero-order valence-electron chi connectivity index (χ0n) is 22.7. The molecule has 11 heteroatoms. The Hall–Kier alpha value is -3.18. The molecule has 0 saturated heterocycles. The molecule has 0 atom stereocenters. The number of hydrogen-bond acceptors (Lipinski definition) is 6. The Morgan fingerprint density at radius 1 is 1.02 bits per heavy atom. The van der Waals surface area contributed by atoms with Gasteiger partial charge in [0.25, 0.3) is 5.91 Å². The molecule has 216 valence electrons. The van der Waals surface area contributed by atoms with Gasteiger partial charge in [-0.2, -0.15) is 0 Å². The van der Waals surface area contributed by atoms with Crippen LogP contribution in [0.4, 0.5) is 9.80 Å². The normalized spacial score (nSPS) is 19.4. The molecule has 0 bridgehead atoms. The van der Waals surface area contributed by atoms with Crippen LogP contribution in [0.5, 0.6) is 0 Å². The second-order valence-electron chi connectivity index (χ2n) is 10.6. The van der Waals surface area contributed by atoms with Crippen LogP contribution < -0.4 is 10.6 Å². The number of allylic oxidation sites excluding steroid dienone is 2. The minimum Gasteiger partial charge on any atom is -0.481 e. The average Bonchev–Trinajstić information content (AvgIpc) is 3.41. The van der Waals surface area contributed by atoms with Gasteiger partial charge in [-0.15, -0.1) is 11.3 Å². The fourth-order valence-electron chi connectivity index (χ4n) is 5.47. The number of aliphatic carboxylic acids is 1. The third kappa shape index (κ3) is 8.17. The van der Waals surface area contributed by atoms with Crippen LogP contribution in [0.25, 0.3) is 0 Å². The third-order valence-corrected chi connectivity index (χ3v) is 10.4. The molecule has 1 aromatic heterocycles. The average molecular weight is 588 g/mol. The first-order valence-corrected chi connectivity index (χ1v) is 16.5. The lowest BCUT2D eigenvalue weighted by Crippen LogP contribution is -2.44. The fraction of sp³-hybridized carbons (Fsp3) is 0.483. The number of urea groups is 1. The van der Waals surface area contributed by atoms with Crippen LogP contribution in [-0.2, 0) is 21.2 Å². The van der Waals surface area contributed by atoms with Crippen molar-refractivity contribution in [2.75, 3.05) is 18.1 Å². The van der Waals surface area contributed by atoms with E-state index in [4.69, 9.17) is 5.11 Å². The molecule has 0 radical (unpaired) electrons. The smallest absolute Gasteiger partial charge is 0.323 e. The molecule has 9 nitrogen and oxygen atoms in total. The number of amides is 3. The second kappa shape index (κ2) is 13.5. The lowest BCUT2D eigenvalue weighted by atomic mass is 9.77.